The van der Waals surface area contributed by atoms with E-state index in [0.717, 1.165) is 38.8 Å². The molecule has 9 heteroatoms. The number of anilines is 1. The van der Waals surface area contributed by atoms with Crippen LogP contribution >= 0.6 is 0 Å². The molecule has 3 amide bonds. The summed E-state index contributed by atoms with van der Waals surface area (Å²) in [6.45, 7) is 8.25. The Labute approximate surface area is 236 Å². The standard InChI is InChI=1S/C31H42N4O5/c1-20(2)21-8-10-23(11-9-21)32-28(36)25-24-12-13-31(40-24)26(25)30(38)35(15-14-34-16-18-39-19-17-34)27(31)29(37)33-22-6-4-3-5-7-22/h8-13,20,22,24-27H,3-7,14-19H2,1-2H3,(H,32,36)(H,33,37)/t24-,25+,26-,27-,31-/m1/s1. The van der Waals surface area contributed by atoms with Gasteiger partial charge in [0.1, 0.15) is 11.6 Å². The van der Waals surface area contributed by atoms with Crippen molar-refractivity contribution in [2.24, 2.45) is 11.8 Å². The lowest BCUT2D eigenvalue weighted by atomic mass is 9.74. The number of carbonyl (C=O) groups excluding carboxylic acids is 3. The highest BCUT2D eigenvalue weighted by molar-refractivity contribution is 6.02. The molecule has 3 saturated heterocycles. The number of hydrogen-bond acceptors (Lipinski definition) is 6. The Kier molecular flexibility index (Phi) is 7.72. The zero-order valence-corrected chi connectivity index (χ0v) is 23.6. The molecule has 0 unspecified atom stereocenters. The molecule has 2 bridgehead atoms. The van der Waals surface area contributed by atoms with E-state index in [2.05, 4.69) is 29.4 Å². The van der Waals surface area contributed by atoms with Crippen LogP contribution in [-0.4, -0.2) is 90.7 Å². The fraction of sp³-hybridized carbons (Fsp3) is 0.645. The Hall–Kier alpha value is -2.75. The van der Waals surface area contributed by atoms with Crippen molar-refractivity contribution in [1.29, 1.82) is 0 Å². The lowest BCUT2D eigenvalue weighted by molar-refractivity contribution is -0.141. The first-order valence-corrected chi connectivity index (χ1v) is 15.1. The summed E-state index contributed by atoms with van der Waals surface area (Å²) >= 11 is 0. The number of nitrogens with one attached hydrogen (secondary N) is 2. The van der Waals surface area contributed by atoms with Crippen LogP contribution in [0.3, 0.4) is 0 Å². The summed E-state index contributed by atoms with van der Waals surface area (Å²) < 4.78 is 12.0. The van der Waals surface area contributed by atoms with Crippen LogP contribution in [0.5, 0.6) is 0 Å². The van der Waals surface area contributed by atoms with E-state index >= 15 is 0 Å². The van der Waals surface area contributed by atoms with Crippen LogP contribution in [0.25, 0.3) is 0 Å². The second-order valence-corrected chi connectivity index (χ2v) is 12.3. The molecule has 4 aliphatic heterocycles. The summed E-state index contributed by atoms with van der Waals surface area (Å²) in [7, 11) is 0. The van der Waals surface area contributed by atoms with Crippen molar-refractivity contribution in [2.75, 3.05) is 44.7 Å². The number of nitrogens with zero attached hydrogens (tertiary/aromatic N) is 2. The van der Waals surface area contributed by atoms with Crippen molar-refractivity contribution >= 4 is 23.4 Å². The molecule has 216 valence electrons. The first-order chi connectivity index (χ1) is 19.4. The molecule has 1 aromatic rings. The maximum absolute atomic E-state index is 14.1. The molecule has 9 nitrogen and oxygen atoms in total. The molecule has 0 radical (unpaired) electrons. The fourth-order valence-electron chi connectivity index (χ4n) is 7.29. The van der Waals surface area contributed by atoms with E-state index in [1.54, 1.807) is 4.90 Å². The smallest absolute Gasteiger partial charge is 0.246 e. The predicted molar refractivity (Wildman–Crippen MR) is 151 cm³/mol. The molecule has 2 N–H and O–H groups in total. The number of benzene rings is 1. The van der Waals surface area contributed by atoms with Gasteiger partial charge in [0.15, 0.2) is 0 Å². The van der Waals surface area contributed by atoms with Gasteiger partial charge in [0, 0.05) is 37.9 Å². The normalized spacial score (nSPS) is 32.1. The Morgan fingerprint density at radius 3 is 2.45 bits per heavy atom. The SMILES string of the molecule is CC(C)c1ccc(NC(=O)[C@H]2[C@H]3C=C[C@@]4(O3)[C@H]2C(=O)N(CCN2CCOCC2)[C@@H]4C(=O)NC2CCCCC2)cc1. The quantitative estimate of drug-likeness (QED) is 0.483. The molecule has 1 aromatic carbocycles. The minimum atomic E-state index is -1.13. The number of carbonyl (C=O) groups is 3. The summed E-state index contributed by atoms with van der Waals surface area (Å²) in [4.78, 5) is 45.7. The summed E-state index contributed by atoms with van der Waals surface area (Å²) in [6, 6.07) is 7.15. The van der Waals surface area contributed by atoms with E-state index in [9.17, 15) is 14.4 Å². The number of ether oxygens (including phenoxy) is 2. The van der Waals surface area contributed by atoms with Gasteiger partial charge in [-0.25, -0.2) is 0 Å². The van der Waals surface area contributed by atoms with Crippen LogP contribution in [0.4, 0.5) is 5.69 Å². The van der Waals surface area contributed by atoms with Crippen molar-refractivity contribution in [1.82, 2.24) is 15.1 Å². The predicted octanol–water partition coefficient (Wildman–Crippen LogP) is 2.68. The zero-order valence-electron chi connectivity index (χ0n) is 23.6. The van der Waals surface area contributed by atoms with Crippen LogP contribution in [0.15, 0.2) is 36.4 Å². The average Bonchev–Trinajstić information content (AvgIpc) is 3.60. The van der Waals surface area contributed by atoms with Crippen molar-refractivity contribution in [3.05, 3.63) is 42.0 Å². The van der Waals surface area contributed by atoms with Gasteiger partial charge in [-0.05, 0) is 36.5 Å². The van der Waals surface area contributed by atoms with Gasteiger partial charge in [-0.2, -0.15) is 0 Å². The minimum Gasteiger partial charge on any atom is -0.379 e. The van der Waals surface area contributed by atoms with Gasteiger partial charge in [-0.3, -0.25) is 19.3 Å². The van der Waals surface area contributed by atoms with Crippen LogP contribution in [0.1, 0.15) is 57.4 Å². The summed E-state index contributed by atoms with van der Waals surface area (Å²) in [5, 5.41) is 6.28. The zero-order chi connectivity index (χ0) is 27.9. The van der Waals surface area contributed by atoms with Crippen LogP contribution in [0, 0.1) is 11.8 Å². The third-order valence-electron chi connectivity index (χ3n) is 9.48. The van der Waals surface area contributed by atoms with Gasteiger partial charge >= 0.3 is 0 Å². The first kappa shape index (κ1) is 27.4. The highest BCUT2D eigenvalue weighted by atomic mass is 16.5. The van der Waals surface area contributed by atoms with Crippen molar-refractivity contribution in [3.63, 3.8) is 0 Å². The summed E-state index contributed by atoms with van der Waals surface area (Å²) in [6.07, 6.45) is 8.53. The summed E-state index contributed by atoms with van der Waals surface area (Å²) in [5.74, 6) is -1.61. The maximum atomic E-state index is 14.1. The Balaban J connectivity index is 1.24. The van der Waals surface area contributed by atoms with E-state index in [4.69, 9.17) is 9.47 Å². The maximum Gasteiger partial charge on any atom is 0.246 e. The van der Waals surface area contributed by atoms with Crippen molar-refractivity contribution in [2.45, 2.75) is 75.7 Å². The van der Waals surface area contributed by atoms with Crippen LogP contribution < -0.4 is 10.6 Å². The molecule has 1 spiro atoms. The molecule has 0 aromatic heterocycles. The fourth-order valence-corrected chi connectivity index (χ4v) is 7.29. The number of fused-ring (bicyclic) bond motifs is 1. The van der Waals surface area contributed by atoms with Gasteiger partial charge in [0.05, 0.1) is 31.2 Å². The molecule has 4 fully saturated rings. The van der Waals surface area contributed by atoms with Crippen molar-refractivity contribution < 1.29 is 23.9 Å². The topological polar surface area (TPSA) is 100 Å². The first-order valence-electron chi connectivity index (χ1n) is 15.1. The number of amides is 3. The molecule has 40 heavy (non-hydrogen) atoms. The number of likely N-dealkylation sites (tertiary alicyclic amines) is 1. The molecule has 1 aliphatic carbocycles. The molecule has 6 rings (SSSR count). The highest BCUT2D eigenvalue weighted by Gasteiger charge is 2.72. The Morgan fingerprint density at radius 2 is 1.75 bits per heavy atom. The van der Waals surface area contributed by atoms with E-state index in [1.807, 2.05) is 36.4 Å². The van der Waals surface area contributed by atoms with Gasteiger partial charge in [0.2, 0.25) is 17.7 Å². The van der Waals surface area contributed by atoms with E-state index in [-0.39, 0.29) is 23.8 Å². The van der Waals surface area contributed by atoms with Gasteiger partial charge in [-0.15, -0.1) is 0 Å². The largest absolute Gasteiger partial charge is 0.379 e. The Bertz CT molecular complexity index is 1140. The minimum absolute atomic E-state index is 0.114. The second-order valence-electron chi connectivity index (χ2n) is 12.3. The lowest BCUT2D eigenvalue weighted by Crippen LogP contribution is -2.57. The lowest BCUT2D eigenvalue weighted by Gasteiger charge is -2.35. The third kappa shape index (κ3) is 4.97. The molecule has 4 heterocycles. The van der Waals surface area contributed by atoms with Gasteiger partial charge in [-0.1, -0.05) is 57.4 Å². The molecule has 5 atom stereocenters. The molecular weight excluding hydrogens is 508 g/mol. The number of rotatable bonds is 8. The molecule has 5 aliphatic rings. The third-order valence-corrected chi connectivity index (χ3v) is 9.48. The van der Waals surface area contributed by atoms with E-state index in [0.29, 0.717) is 37.9 Å². The second kappa shape index (κ2) is 11.3. The number of morpholine rings is 1. The number of hydrogen-bond donors (Lipinski definition) is 2. The molecular formula is C31H42N4O5. The monoisotopic (exact) mass is 550 g/mol. The van der Waals surface area contributed by atoms with Crippen molar-refractivity contribution in [3.8, 4) is 0 Å². The van der Waals surface area contributed by atoms with Gasteiger partial charge in [0.25, 0.3) is 0 Å². The highest BCUT2D eigenvalue weighted by Crippen LogP contribution is 2.55. The summed E-state index contributed by atoms with van der Waals surface area (Å²) in [5.41, 5.74) is 0.753. The average molecular weight is 551 g/mol. The van der Waals surface area contributed by atoms with E-state index < -0.39 is 29.6 Å². The molecule has 1 saturated carbocycles. The van der Waals surface area contributed by atoms with Crippen LogP contribution in [-0.2, 0) is 23.9 Å². The van der Waals surface area contributed by atoms with Crippen LogP contribution in [0.2, 0.25) is 0 Å². The van der Waals surface area contributed by atoms with Gasteiger partial charge < -0.3 is 25.0 Å². The van der Waals surface area contributed by atoms with E-state index in [1.165, 1.54) is 12.0 Å². The Morgan fingerprint density at radius 1 is 1.02 bits per heavy atom.